The molecule has 3 nitrogen and oxygen atoms in total. The Labute approximate surface area is 113 Å². The molecule has 0 atom stereocenters. The minimum Gasteiger partial charge on any atom is -0.388 e. The number of carbonyl (C=O) groups is 1. The Morgan fingerprint density at radius 3 is 1.84 bits per heavy atom. The molecule has 0 bridgehead atoms. The van der Waals surface area contributed by atoms with Crippen molar-refractivity contribution < 1.29 is 4.79 Å². The number of Topliss-reactive ketones (excluding diaryl/α,β-unsaturated/α-hetero) is 1. The molecule has 0 aliphatic heterocycles. The van der Waals surface area contributed by atoms with Crippen molar-refractivity contribution in [2.75, 3.05) is 24.3 Å². The molecule has 0 aliphatic rings. The van der Waals surface area contributed by atoms with Crippen LogP contribution in [0.3, 0.4) is 0 Å². The second-order valence-corrected chi connectivity index (χ2v) is 4.46. The standard InChI is InChI=1S/C16H18N2O/c1-12(19)13-4-8-15(9-5-13)18(3)16-10-6-14(17-2)7-11-16/h4-11,17H,1-3H3. The maximum atomic E-state index is 11.2. The first-order valence-electron chi connectivity index (χ1n) is 6.24. The van der Waals surface area contributed by atoms with E-state index in [-0.39, 0.29) is 5.78 Å². The van der Waals surface area contributed by atoms with Crippen LogP contribution in [0.2, 0.25) is 0 Å². The molecule has 0 saturated heterocycles. The molecule has 19 heavy (non-hydrogen) atoms. The van der Waals surface area contributed by atoms with E-state index in [1.807, 2.05) is 50.5 Å². The summed E-state index contributed by atoms with van der Waals surface area (Å²) >= 11 is 0. The van der Waals surface area contributed by atoms with Crippen LogP contribution in [-0.4, -0.2) is 19.9 Å². The van der Waals surface area contributed by atoms with Crippen LogP contribution >= 0.6 is 0 Å². The second kappa shape index (κ2) is 5.57. The highest BCUT2D eigenvalue weighted by Crippen LogP contribution is 2.25. The molecule has 0 spiro atoms. The van der Waals surface area contributed by atoms with E-state index in [0.29, 0.717) is 0 Å². The van der Waals surface area contributed by atoms with Gasteiger partial charge < -0.3 is 10.2 Å². The number of ketones is 1. The molecule has 98 valence electrons. The van der Waals surface area contributed by atoms with E-state index in [0.717, 1.165) is 22.6 Å². The molecular weight excluding hydrogens is 236 g/mol. The Morgan fingerprint density at radius 2 is 1.42 bits per heavy atom. The lowest BCUT2D eigenvalue weighted by atomic mass is 10.1. The number of hydrogen-bond acceptors (Lipinski definition) is 3. The average molecular weight is 254 g/mol. The van der Waals surface area contributed by atoms with Gasteiger partial charge in [-0.2, -0.15) is 0 Å². The van der Waals surface area contributed by atoms with Gasteiger partial charge in [-0.15, -0.1) is 0 Å². The van der Waals surface area contributed by atoms with E-state index in [9.17, 15) is 4.79 Å². The molecule has 0 heterocycles. The summed E-state index contributed by atoms with van der Waals surface area (Å²) in [7, 11) is 3.91. The Bertz CT molecular complexity index is 558. The van der Waals surface area contributed by atoms with Gasteiger partial charge in [-0.05, 0) is 55.5 Å². The van der Waals surface area contributed by atoms with Crippen LogP contribution in [0.5, 0.6) is 0 Å². The topological polar surface area (TPSA) is 32.3 Å². The number of benzene rings is 2. The lowest BCUT2D eigenvalue weighted by molar-refractivity contribution is 0.101. The van der Waals surface area contributed by atoms with Crippen molar-refractivity contribution in [1.82, 2.24) is 0 Å². The van der Waals surface area contributed by atoms with Gasteiger partial charge in [0.1, 0.15) is 0 Å². The van der Waals surface area contributed by atoms with E-state index in [1.54, 1.807) is 6.92 Å². The van der Waals surface area contributed by atoms with Crippen molar-refractivity contribution in [2.45, 2.75) is 6.92 Å². The van der Waals surface area contributed by atoms with E-state index in [4.69, 9.17) is 0 Å². The van der Waals surface area contributed by atoms with Gasteiger partial charge in [0, 0.05) is 36.7 Å². The third-order valence-corrected chi connectivity index (χ3v) is 3.20. The van der Waals surface area contributed by atoms with Crippen LogP contribution in [0.4, 0.5) is 17.1 Å². The van der Waals surface area contributed by atoms with Gasteiger partial charge >= 0.3 is 0 Å². The lowest BCUT2D eigenvalue weighted by Crippen LogP contribution is -2.09. The lowest BCUT2D eigenvalue weighted by Gasteiger charge is -2.20. The van der Waals surface area contributed by atoms with Gasteiger partial charge in [-0.3, -0.25) is 4.79 Å². The van der Waals surface area contributed by atoms with Gasteiger partial charge in [0.15, 0.2) is 5.78 Å². The van der Waals surface area contributed by atoms with E-state index in [1.165, 1.54) is 0 Å². The van der Waals surface area contributed by atoms with Gasteiger partial charge in [0.25, 0.3) is 0 Å². The minimum absolute atomic E-state index is 0.0903. The molecule has 2 aromatic rings. The first-order chi connectivity index (χ1) is 9.11. The molecule has 2 aromatic carbocycles. The average Bonchev–Trinajstić information content (AvgIpc) is 2.46. The Kier molecular flexibility index (Phi) is 3.85. The largest absolute Gasteiger partial charge is 0.388 e. The quantitative estimate of drug-likeness (QED) is 0.844. The molecule has 0 radical (unpaired) electrons. The summed E-state index contributed by atoms with van der Waals surface area (Å²) in [4.78, 5) is 13.3. The van der Waals surface area contributed by atoms with Crippen LogP contribution in [0.1, 0.15) is 17.3 Å². The summed E-state index contributed by atoms with van der Waals surface area (Å²) in [5.41, 5.74) is 3.99. The number of rotatable bonds is 4. The fourth-order valence-corrected chi connectivity index (χ4v) is 1.92. The molecule has 3 heteroatoms. The van der Waals surface area contributed by atoms with E-state index in [2.05, 4.69) is 22.3 Å². The fourth-order valence-electron chi connectivity index (χ4n) is 1.92. The third kappa shape index (κ3) is 2.94. The molecule has 0 saturated carbocycles. The predicted molar refractivity (Wildman–Crippen MR) is 80.5 cm³/mol. The van der Waals surface area contributed by atoms with Crippen molar-refractivity contribution in [1.29, 1.82) is 0 Å². The van der Waals surface area contributed by atoms with Crippen molar-refractivity contribution >= 4 is 22.8 Å². The Balaban J connectivity index is 2.22. The van der Waals surface area contributed by atoms with Gasteiger partial charge in [-0.25, -0.2) is 0 Å². The van der Waals surface area contributed by atoms with Crippen LogP contribution in [0.25, 0.3) is 0 Å². The summed E-state index contributed by atoms with van der Waals surface area (Å²) in [6.45, 7) is 1.58. The van der Waals surface area contributed by atoms with Crippen LogP contribution in [-0.2, 0) is 0 Å². The summed E-state index contributed by atoms with van der Waals surface area (Å²) in [5.74, 6) is 0.0903. The molecule has 2 rings (SSSR count). The normalized spacial score (nSPS) is 10.1. The van der Waals surface area contributed by atoms with Gasteiger partial charge in [0.05, 0.1) is 0 Å². The summed E-state index contributed by atoms with van der Waals surface area (Å²) in [6, 6.07) is 15.8. The number of hydrogen-bond donors (Lipinski definition) is 1. The van der Waals surface area contributed by atoms with E-state index < -0.39 is 0 Å². The van der Waals surface area contributed by atoms with Crippen molar-refractivity contribution in [3.05, 3.63) is 54.1 Å². The summed E-state index contributed by atoms with van der Waals surface area (Å²) < 4.78 is 0. The number of nitrogens with one attached hydrogen (secondary N) is 1. The zero-order valence-corrected chi connectivity index (χ0v) is 11.5. The number of anilines is 3. The maximum absolute atomic E-state index is 11.2. The van der Waals surface area contributed by atoms with Crippen LogP contribution < -0.4 is 10.2 Å². The van der Waals surface area contributed by atoms with Gasteiger partial charge in [0.2, 0.25) is 0 Å². The zero-order chi connectivity index (χ0) is 13.8. The highest BCUT2D eigenvalue weighted by atomic mass is 16.1. The molecule has 0 aromatic heterocycles. The van der Waals surface area contributed by atoms with Crippen LogP contribution in [0, 0.1) is 0 Å². The fraction of sp³-hybridized carbons (Fsp3) is 0.188. The minimum atomic E-state index is 0.0903. The maximum Gasteiger partial charge on any atom is 0.159 e. The summed E-state index contributed by atoms with van der Waals surface area (Å²) in [5, 5.41) is 3.10. The molecule has 0 amide bonds. The number of nitrogens with zero attached hydrogens (tertiary/aromatic N) is 1. The van der Waals surface area contributed by atoms with E-state index >= 15 is 0 Å². The first kappa shape index (κ1) is 13.1. The Hall–Kier alpha value is -2.29. The second-order valence-electron chi connectivity index (χ2n) is 4.46. The van der Waals surface area contributed by atoms with Gasteiger partial charge in [-0.1, -0.05) is 0 Å². The van der Waals surface area contributed by atoms with Crippen molar-refractivity contribution in [2.24, 2.45) is 0 Å². The number of carbonyl (C=O) groups excluding carboxylic acids is 1. The zero-order valence-electron chi connectivity index (χ0n) is 11.5. The predicted octanol–water partition coefficient (Wildman–Crippen LogP) is 3.70. The SMILES string of the molecule is CNc1ccc(N(C)c2ccc(C(C)=O)cc2)cc1. The molecule has 0 aliphatic carbocycles. The third-order valence-electron chi connectivity index (χ3n) is 3.20. The smallest absolute Gasteiger partial charge is 0.159 e. The molecular formula is C16H18N2O. The molecule has 0 fully saturated rings. The monoisotopic (exact) mass is 254 g/mol. The summed E-state index contributed by atoms with van der Waals surface area (Å²) in [6.07, 6.45) is 0. The highest BCUT2D eigenvalue weighted by molar-refractivity contribution is 5.94. The highest BCUT2D eigenvalue weighted by Gasteiger charge is 2.05. The molecule has 0 unspecified atom stereocenters. The van der Waals surface area contributed by atoms with Crippen molar-refractivity contribution in [3.63, 3.8) is 0 Å². The van der Waals surface area contributed by atoms with Crippen molar-refractivity contribution in [3.8, 4) is 0 Å². The molecule has 1 N–H and O–H groups in total. The Morgan fingerprint density at radius 1 is 0.947 bits per heavy atom. The first-order valence-corrected chi connectivity index (χ1v) is 6.24. The van der Waals surface area contributed by atoms with Crippen LogP contribution in [0.15, 0.2) is 48.5 Å².